The Balaban J connectivity index is 2.23. The fourth-order valence-corrected chi connectivity index (χ4v) is 4.11. The first-order valence-corrected chi connectivity index (χ1v) is 8.92. The van der Waals surface area contributed by atoms with Crippen molar-refractivity contribution in [2.75, 3.05) is 0 Å². The van der Waals surface area contributed by atoms with Gasteiger partial charge in [-0.05, 0) is 58.4 Å². The van der Waals surface area contributed by atoms with Crippen molar-refractivity contribution in [2.24, 2.45) is 0 Å². The number of benzene rings is 1. The Morgan fingerprint density at radius 2 is 1.70 bits per heavy atom. The van der Waals surface area contributed by atoms with E-state index >= 15 is 0 Å². The summed E-state index contributed by atoms with van der Waals surface area (Å²) in [6.45, 7) is 8.88. The van der Waals surface area contributed by atoms with Crippen LogP contribution in [0, 0.1) is 0 Å². The first kappa shape index (κ1) is 16.1. The lowest BCUT2D eigenvalue weighted by Crippen LogP contribution is -2.34. The molecule has 1 aliphatic rings. The number of ketones is 1. The van der Waals surface area contributed by atoms with E-state index in [-0.39, 0.29) is 16.6 Å². The van der Waals surface area contributed by atoms with Crippen molar-refractivity contribution in [2.45, 2.75) is 51.4 Å². The van der Waals surface area contributed by atoms with E-state index in [2.05, 4.69) is 27.7 Å². The first-order chi connectivity index (χ1) is 10.8. The Kier molecular flexibility index (Phi) is 3.80. The number of fused-ring (bicyclic) bond motifs is 1. The summed E-state index contributed by atoms with van der Waals surface area (Å²) in [5.74, 6) is -0.0599. The van der Waals surface area contributed by atoms with Gasteiger partial charge in [0.05, 0.1) is 0 Å². The third-order valence-corrected chi connectivity index (χ3v) is 5.86. The minimum absolute atomic E-state index is 0.0238. The van der Waals surface area contributed by atoms with Crippen LogP contribution in [0.4, 0.5) is 0 Å². The van der Waals surface area contributed by atoms with Gasteiger partial charge in [0.1, 0.15) is 0 Å². The fourth-order valence-electron chi connectivity index (χ4n) is 3.47. The fraction of sp³-hybridized carbons (Fsp3) is 0.400. The van der Waals surface area contributed by atoms with Crippen LogP contribution < -0.4 is 0 Å². The predicted molar refractivity (Wildman–Crippen MR) is 94.9 cm³/mol. The second kappa shape index (κ2) is 5.41. The zero-order valence-electron chi connectivity index (χ0n) is 14.1. The highest BCUT2D eigenvalue weighted by Crippen LogP contribution is 2.46. The number of aldehydes is 1. The normalized spacial score (nSPS) is 18.3. The summed E-state index contributed by atoms with van der Waals surface area (Å²) < 4.78 is 0. The minimum atomic E-state index is -0.0599. The summed E-state index contributed by atoms with van der Waals surface area (Å²) in [4.78, 5) is 24.4. The third kappa shape index (κ3) is 2.67. The predicted octanol–water partition coefficient (Wildman–Crippen LogP) is 5.14. The smallest absolute Gasteiger partial charge is 0.194 e. The molecule has 0 fully saturated rings. The van der Waals surface area contributed by atoms with Crippen LogP contribution in [-0.4, -0.2) is 12.1 Å². The molecule has 0 aliphatic heterocycles. The molecule has 0 saturated heterocycles. The summed E-state index contributed by atoms with van der Waals surface area (Å²) in [6, 6.07) is 5.74. The van der Waals surface area contributed by atoms with Crippen LogP contribution in [-0.2, 0) is 10.8 Å². The molecule has 2 nitrogen and oxygen atoms in total. The van der Waals surface area contributed by atoms with Crippen LogP contribution in [0.5, 0.6) is 0 Å². The molecular weight excluding hydrogens is 304 g/mol. The first-order valence-electron chi connectivity index (χ1n) is 7.97. The lowest BCUT2D eigenvalue weighted by atomic mass is 9.62. The average Bonchev–Trinajstić information content (AvgIpc) is 3.04. The molecule has 1 aliphatic carbocycles. The molecule has 120 valence electrons. The highest BCUT2D eigenvalue weighted by atomic mass is 32.1. The van der Waals surface area contributed by atoms with Gasteiger partial charge in [-0.2, -0.15) is 11.3 Å². The number of hydrogen-bond acceptors (Lipinski definition) is 3. The molecule has 0 radical (unpaired) electrons. The number of carbonyl (C=O) groups excluding carboxylic acids is 2. The quantitative estimate of drug-likeness (QED) is 0.578. The molecule has 0 N–H and O–H groups in total. The lowest BCUT2D eigenvalue weighted by Gasteiger charge is -2.42. The molecule has 0 bridgehead atoms. The van der Waals surface area contributed by atoms with Gasteiger partial charge >= 0.3 is 0 Å². The van der Waals surface area contributed by atoms with Crippen LogP contribution in [0.2, 0.25) is 0 Å². The number of thiophene rings is 1. The van der Waals surface area contributed by atoms with E-state index < -0.39 is 0 Å². The SMILES string of the molecule is CC1(C)CCC(C)(C)c2cc(C(=O)c3ccsc3)c(C=O)cc21. The van der Waals surface area contributed by atoms with Gasteiger partial charge in [0.15, 0.2) is 12.1 Å². The molecule has 3 heteroatoms. The summed E-state index contributed by atoms with van der Waals surface area (Å²) in [5, 5.41) is 3.73. The van der Waals surface area contributed by atoms with Crippen LogP contribution >= 0.6 is 11.3 Å². The number of rotatable bonds is 3. The monoisotopic (exact) mass is 326 g/mol. The molecule has 0 unspecified atom stereocenters. The summed E-state index contributed by atoms with van der Waals surface area (Å²) in [5.41, 5.74) is 4.16. The molecule has 1 heterocycles. The van der Waals surface area contributed by atoms with E-state index in [1.165, 1.54) is 22.5 Å². The largest absolute Gasteiger partial charge is 0.298 e. The topological polar surface area (TPSA) is 34.1 Å². The van der Waals surface area contributed by atoms with Crippen molar-refractivity contribution in [3.63, 3.8) is 0 Å². The molecule has 1 aromatic carbocycles. The summed E-state index contributed by atoms with van der Waals surface area (Å²) in [7, 11) is 0. The van der Waals surface area contributed by atoms with Gasteiger partial charge in [0, 0.05) is 22.1 Å². The minimum Gasteiger partial charge on any atom is -0.298 e. The Hall–Kier alpha value is -1.74. The van der Waals surface area contributed by atoms with Crippen molar-refractivity contribution in [3.8, 4) is 0 Å². The van der Waals surface area contributed by atoms with E-state index in [1.807, 2.05) is 29.0 Å². The highest BCUT2D eigenvalue weighted by Gasteiger charge is 2.38. The van der Waals surface area contributed by atoms with Crippen molar-refractivity contribution in [1.82, 2.24) is 0 Å². The van der Waals surface area contributed by atoms with Gasteiger partial charge in [-0.15, -0.1) is 0 Å². The van der Waals surface area contributed by atoms with Crippen LogP contribution in [0.3, 0.4) is 0 Å². The zero-order chi connectivity index (χ0) is 16.8. The van der Waals surface area contributed by atoms with E-state index in [0.29, 0.717) is 16.7 Å². The van der Waals surface area contributed by atoms with Crippen molar-refractivity contribution in [1.29, 1.82) is 0 Å². The van der Waals surface area contributed by atoms with Crippen molar-refractivity contribution >= 4 is 23.4 Å². The van der Waals surface area contributed by atoms with Crippen LogP contribution in [0.15, 0.2) is 29.0 Å². The molecule has 23 heavy (non-hydrogen) atoms. The van der Waals surface area contributed by atoms with Gasteiger partial charge in [0.25, 0.3) is 0 Å². The Morgan fingerprint density at radius 3 is 2.22 bits per heavy atom. The maximum atomic E-state index is 12.8. The van der Waals surface area contributed by atoms with Gasteiger partial charge in [-0.1, -0.05) is 27.7 Å². The van der Waals surface area contributed by atoms with Gasteiger partial charge < -0.3 is 0 Å². The molecule has 0 spiro atoms. The lowest BCUT2D eigenvalue weighted by molar-refractivity contribution is 0.102. The molecule has 1 aromatic heterocycles. The maximum Gasteiger partial charge on any atom is 0.194 e. The second-order valence-corrected chi connectivity index (χ2v) is 8.49. The standard InChI is InChI=1S/C20H22O2S/c1-19(2)6-7-20(3,4)17-10-15(14(11-21)9-16(17)19)18(22)13-5-8-23-12-13/h5,8-12H,6-7H2,1-4H3. The van der Waals surface area contributed by atoms with E-state index in [4.69, 9.17) is 0 Å². The number of carbonyl (C=O) groups is 2. The van der Waals surface area contributed by atoms with E-state index in [1.54, 1.807) is 0 Å². The van der Waals surface area contributed by atoms with Gasteiger partial charge in [0.2, 0.25) is 0 Å². The van der Waals surface area contributed by atoms with E-state index in [9.17, 15) is 9.59 Å². The number of hydrogen-bond donors (Lipinski definition) is 0. The second-order valence-electron chi connectivity index (χ2n) is 7.71. The van der Waals surface area contributed by atoms with Gasteiger partial charge in [-0.3, -0.25) is 9.59 Å². The Bertz CT molecular complexity index is 767. The molecule has 3 rings (SSSR count). The average molecular weight is 326 g/mol. The van der Waals surface area contributed by atoms with Crippen molar-refractivity contribution < 1.29 is 9.59 Å². The summed E-state index contributed by atoms with van der Waals surface area (Å²) >= 11 is 1.50. The van der Waals surface area contributed by atoms with Crippen LogP contribution in [0.1, 0.15) is 77.9 Å². The van der Waals surface area contributed by atoms with Crippen LogP contribution in [0.25, 0.3) is 0 Å². The highest BCUT2D eigenvalue weighted by molar-refractivity contribution is 7.08. The Labute approximate surface area is 141 Å². The molecule has 2 aromatic rings. The van der Waals surface area contributed by atoms with E-state index in [0.717, 1.165) is 19.1 Å². The van der Waals surface area contributed by atoms with Crippen molar-refractivity contribution in [3.05, 3.63) is 56.8 Å². The molecular formula is C20H22O2S. The molecule has 0 amide bonds. The third-order valence-electron chi connectivity index (χ3n) is 5.18. The zero-order valence-corrected chi connectivity index (χ0v) is 14.9. The molecule has 0 saturated carbocycles. The molecule has 0 atom stereocenters. The summed E-state index contributed by atoms with van der Waals surface area (Å²) in [6.07, 6.45) is 2.99. The maximum absolute atomic E-state index is 12.8. The Morgan fingerprint density at radius 1 is 1.09 bits per heavy atom. The van der Waals surface area contributed by atoms with Gasteiger partial charge in [-0.25, -0.2) is 0 Å².